The van der Waals surface area contributed by atoms with Crippen LogP contribution in [0.25, 0.3) is 6.08 Å². The Morgan fingerprint density at radius 2 is 0.850 bits per heavy atom. The van der Waals surface area contributed by atoms with Gasteiger partial charge in [-0.25, -0.2) is 0 Å². The first kappa shape index (κ1) is 58.3. The number of aliphatic carboxylic acids is 2. The summed E-state index contributed by atoms with van der Waals surface area (Å²) < 4.78 is 0. The monoisotopic (exact) mass is 845 g/mol. The second kappa shape index (κ2) is 36.8. The Kier molecular flexibility index (Phi) is 35.8. The largest absolute Gasteiger partial charge is 2.00 e. The summed E-state index contributed by atoms with van der Waals surface area (Å²) in [5.41, 5.74) is 3.44. The molecular weight excluding hydrogens is 753 g/mol. The number of aryl methyl sites for hydroxylation is 1. The number of carboxylic acids is 2. The van der Waals surface area contributed by atoms with Crippen molar-refractivity contribution in [2.75, 3.05) is 0 Å². The third-order valence-corrected chi connectivity index (χ3v) is 13.7. The van der Waals surface area contributed by atoms with Gasteiger partial charge in [0.2, 0.25) is 0 Å². The molecule has 2 unspecified atom stereocenters. The second-order valence-electron chi connectivity index (χ2n) is 19.1. The number of rotatable bonds is 33. The minimum Gasteiger partial charge on any atom is -0.550 e. The molecule has 2 aliphatic rings. The third kappa shape index (κ3) is 26.1. The standard InChI is InChI=1S/2C18H36O2.C18H22O.Mg/c2*1-2-3-4-5-6-7-8-9-10-11-12-13-14-15-16-17-18(19)20;1-12-5-7-13(8-6-12)11-14-15-9-10-18(4,16(14)19)17(15,2)3;/h2*2-17H2,1H3,(H,19,20);5-8,11,15H,9-10H2,1-4H3;/q;;;+2/p-2. The van der Waals surface area contributed by atoms with Crippen LogP contribution >= 0.6 is 0 Å². The van der Waals surface area contributed by atoms with Crippen molar-refractivity contribution in [3.8, 4) is 0 Å². The van der Waals surface area contributed by atoms with E-state index < -0.39 is 11.9 Å². The number of carboxylic acid groups (broad SMARTS) is 2. The van der Waals surface area contributed by atoms with Gasteiger partial charge in [-0.1, -0.05) is 244 Å². The minimum absolute atomic E-state index is 0. The van der Waals surface area contributed by atoms with Crippen molar-refractivity contribution in [2.24, 2.45) is 16.7 Å². The first-order chi connectivity index (χ1) is 28.4. The van der Waals surface area contributed by atoms with Crippen molar-refractivity contribution in [1.82, 2.24) is 0 Å². The molecule has 6 heteroatoms. The van der Waals surface area contributed by atoms with Gasteiger partial charge >= 0.3 is 23.1 Å². The predicted octanol–water partition coefficient (Wildman–Crippen LogP) is 14.0. The van der Waals surface area contributed by atoms with Crippen LogP contribution in [-0.4, -0.2) is 40.8 Å². The molecule has 0 radical (unpaired) electrons. The summed E-state index contributed by atoms with van der Waals surface area (Å²) in [6, 6.07) is 8.43. The number of benzene rings is 1. The van der Waals surface area contributed by atoms with Crippen LogP contribution in [0.2, 0.25) is 0 Å². The summed E-state index contributed by atoms with van der Waals surface area (Å²) >= 11 is 0. The summed E-state index contributed by atoms with van der Waals surface area (Å²) in [5, 5.41) is 20.4. The maximum atomic E-state index is 12.7. The zero-order valence-corrected chi connectivity index (χ0v) is 41.7. The molecule has 3 rings (SSSR count). The number of ketones is 1. The van der Waals surface area contributed by atoms with Gasteiger partial charge in [-0.15, -0.1) is 0 Å². The summed E-state index contributed by atoms with van der Waals surface area (Å²) in [7, 11) is 0. The molecule has 60 heavy (non-hydrogen) atoms. The SMILES string of the molecule is CCCCCCCCCCCCCCCCCC(=O)[O-].CCCCCCCCCCCCCCCCCC(=O)[O-].Cc1ccc(C=C2C(=O)C3(C)CCC2C3(C)C)cc1.[Mg+2]. The van der Waals surface area contributed by atoms with Crippen LogP contribution in [0.3, 0.4) is 0 Å². The van der Waals surface area contributed by atoms with Crippen molar-refractivity contribution < 1.29 is 24.6 Å². The third-order valence-electron chi connectivity index (χ3n) is 13.7. The number of Topliss-reactive ketones (excluding diaryl/α,β-unsaturated/α-hetero) is 1. The zero-order chi connectivity index (χ0) is 43.6. The molecule has 0 saturated heterocycles. The number of carbonyl (C=O) groups is 3. The molecule has 2 atom stereocenters. The number of hydrogen-bond donors (Lipinski definition) is 0. The van der Waals surface area contributed by atoms with Gasteiger partial charge in [0, 0.05) is 17.4 Å². The molecule has 0 heterocycles. The van der Waals surface area contributed by atoms with E-state index in [1.165, 1.54) is 173 Å². The van der Waals surface area contributed by atoms with E-state index in [0.717, 1.165) is 49.7 Å². The number of allylic oxidation sites excluding steroid dienone is 1. The van der Waals surface area contributed by atoms with Crippen LogP contribution in [0.1, 0.15) is 264 Å². The maximum absolute atomic E-state index is 12.7. The van der Waals surface area contributed by atoms with Crippen LogP contribution in [0.15, 0.2) is 29.8 Å². The molecular formula is C54H92MgO5. The van der Waals surface area contributed by atoms with Crippen LogP contribution in [0.4, 0.5) is 0 Å². The fraction of sp³-hybridized carbons (Fsp3) is 0.796. The number of unbranched alkanes of at least 4 members (excludes halogenated alkanes) is 28. The van der Waals surface area contributed by atoms with Crippen LogP contribution in [-0.2, 0) is 14.4 Å². The van der Waals surface area contributed by atoms with Crippen molar-refractivity contribution in [1.29, 1.82) is 0 Å². The molecule has 1 aromatic carbocycles. The van der Waals surface area contributed by atoms with E-state index in [-0.39, 0.29) is 46.7 Å². The summed E-state index contributed by atoms with van der Waals surface area (Å²) in [6.07, 6.45) is 44.1. The summed E-state index contributed by atoms with van der Waals surface area (Å²) in [4.78, 5) is 33.2. The topological polar surface area (TPSA) is 97.3 Å². The van der Waals surface area contributed by atoms with Crippen LogP contribution in [0.5, 0.6) is 0 Å². The fourth-order valence-electron chi connectivity index (χ4n) is 9.22. The van der Waals surface area contributed by atoms with E-state index in [0.29, 0.717) is 11.7 Å². The molecule has 340 valence electrons. The van der Waals surface area contributed by atoms with E-state index in [2.05, 4.69) is 71.9 Å². The summed E-state index contributed by atoms with van der Waals surface area (Å²) in [5.74, 6) is -0.986. The molecule has 2 fully saturated rings. The number of fused-ring (bicyclic) bond motifs is 2. The number of hydrogen-bond acceptors (Lipinski definition) is 5. The molecule has 2 aliphatic carbocycles. The molecule has 2 bridgehead atoms. The Morgan fingerprint density at radius 1 is 0.550 bits per heavy atom. The first-order valence-electron chi connectivity index (χ1n) is 25.1. The molecule has 2 saturated carbocycles. The van der Waals surface area contributed by atoms with E-state index in [4.69, 9.17) is 0 Å². The van der Waals surface area contributed by atoms with E-state index in [1.807, 2.05) is 0 Å². The van der Waals surface area contributed by atoms with Gasteiger partial charge in [-0.2, -0.15) is 0 Å². The Morgan fingerprint density at radius 3 is 1.12 bits per heavy atom. The van der Waals surface area contributed by atoms with Gasteiger partial charge in [-0.05, 0) is 74.0 Å². The number of carbonyl (C=O) groups excluding carboxylic acids is 3. The van der Waals surface area contributed by atoms with Crippen LogP contribution < -0.4 is 10.2 Å². The average Bonchev–Trinajstić information content (AvgIpc) is 3.52. The van der Waals surface area contributed by atoms with Crippen molar-refractivity contribution in [3.63, 3.8) is 0 Å². The van der Waals surface area contributed by atoms with Crippen molar-refractivity contribution in [3.05, 3.63) is 41.0 Å². The Labute approximate surface area is 387 Å². The van der Waals surface area contributed by atoms with Crippen molar-refractivity contribution >= 4 is 46.9 Å². The normalized spacial score (nSPS) is 18.1. The summed E-state index contributed by atoms with van der Waals surface area (Å²) in [6.45, 7) is 13.3. The smallest absolute Gasteiger partial charge is 0.550 e. The van der Waals surface area contributed by atoms with Crippen LogP contribution in [0, 0.1) is 23.7 Å². The molecule has 0 aliphatic heterocycles. The first-order valence-corrected chi connectivity index (χ1v) is 25.1. The van der Waals surface area contributed by atoms with Gasteiger partial charge in [0.1, 0.15) is 0 Å². The Balaban J connectivity index is 0.000000863. The van der Waals surface area contributed by atoms with Gasteiger partial charge < -0.3 is 19.8 Å². The average molecular weight is 846 g/mol. The van der Waals surface area contributed by atoms with E-state index in [1.54, 1.807) is 0 Å². The molecule has 0 spiro atoms. The molecule has 5 nitrogen and oxygen atoms in total. The van der Waals surface area contributed by atoms with E-state index in [9.17, 15) is 24.6 Å². The van der Waals surface area contributed by atoms with Gasteiger partial charge in [0.15, 0.2) is 5.78 Å². The van der Waals surface area contributed by atoms with Gasteiger partial charge in [-0.3, -0.25) is 4.79 Å². The molecule has 0 aromatic heterocycles. The quantitative estimate of drug-likeness (QED) is 0.0399. The Bertz CT molecular complexity index is 1210. The van der Waals surface area contributed by atoms with E-state index >= 15 is 0 Å². The zero-order valence-electron chi connectivity index (χ0n) is 40.3. The molecule has 0 N–H and O–H groups in total. The second-order valence-corrected chi connectivity index (χ2v) is 19.1. The predicted molar refractivity (Wildman–Crippen MR) is 254 cm³/mol. The maximum Gasteiger partial charge on any atom is 2.00 e. The minimum atomic E-state index is -0.903. The molecule has 1 aromatic rings. The Hall–Kier alpha value is -1.66. The van der Waals surface area contributed by atoms with Gasteiger partial charge in [0.05, 0.1) is 0 Å². The van der Waals surface area contributed by atoms with Crippen molar-refractivity contribution in [2.45, 2.75) is 260 Å². The molecule has 0 amide bonds. The van der Waals surface area contributed by atoms with Gasteiger partial charge in [0.25, 0.3) is 0 Å². The fourth-order valence-corrected chi connectivity index (χ4v) is 9.22.